The fraction of sp³-hybridized carbons (Fsp3) is 0.632. The molecule has 1 amide bonds. The van der Waals surface area contributed by atoms with Crippen LogP contribution in [0.4, 0.5) is 0 Å². The average Bonchev–Trinajstić information content (AvgIpc) is 2.86. The molecule has 1 aromatic carbocycles. The molecular formula is C19H26ClNO5S. The molecule has 0 aliphatic carbocycles. The maximum atomic E-state index is 12.6. The molecule has 0 unspecified atom stereocenters. The molecule has 0 spiro atoms. The van der Waals surface area contributed by atoms with E-state index in [1.54, 1.807) is 17.0 Å². The summed E-state index contributed by atoms with van der Waals surface area (Å²) in [6, 6.07) is 3.37. The van der Waals surface area contributed by atoms with Crippen LogP contribution in [0.15, 0.2) is 12.1 Å². The van der Waals surface area contributed by atoms with Crippen LogP contribution >= 0.6 is 11.6 Å². The standard InChI is InChI=1S/C19H26ClNO5S/c1-2-15-6-3-4-7-21(15)18(22)13-27(23,24)12-14-10-16(20)19-17(11-14)25-8-5-9-26-19/h10-11,15H,2-9,12-13H2,1H3/t15-/m1/s1. The van der Waals surface area contributed by atoms with E-state index in [1.807, 2.05) is 6.92 Å². The van der Waals surface area contributed by atoms with Gasteiger partial charge in [0.15, 0.2) is 21.3 Å². The fourth-order valence-electron chi connectivity index (χ4n) is 3.70. The lowest BCUT2D eigenvalue weighted by Crippen LogP contribution is -2.45. The molecule has 0 N–H and O–H groups in total. The molecule has 0 bridgehead atoms. The maximum Gasteiger partial charge on any atom is 0.238 e. The number of hydrogen-bond acceptors (Lipinski definition) is 5. The molecule has 3 rings (SSSR count). The number of likely N-dealkylation sites (tertiary alicyclic amines) is 1. The Morgan fingerprint density at radius 1 is 1.22 bits per heavy atom. The number of sulfone groups is 1. The third kappa shape index (κ3) is 5.08. The van der Waals surface area contributed by atoms with E-state index in [2.05, 4.69) is 0 Å². The lowest BCUT2D eigenvalue weighted by Gasteiger charge is -2.35. The van der Waals surface area contributed by atoms with E-state index < -0.39 is 15.6 Å². The summed E-state index contributed by atoms with van der Waals surface area (Å²) in [6.45, 7) is 3.67. The molecule has 1 aromatic rings. The van der Waals surface area contributed by atoms with Crippen LogP contribution in [0.2, 0.25) is 5.02 Å². The molecule has 0 saturated carbocycles. The van der Waals surface area contributed by atoms with E-state index in [9.17, 15) is 13.2 Å². The number of halogens is 1. The van der Waals surface area contributed by atoms with Crippen LogP contribution in [-0.2, 0) is 20.4 Å². The van der Waals surface area contributed by atoms with Crippen molar-refractivity contribution < 1.29 is 22.7 Å². The summed E-state index contributed by atoms with van der Waals surface area (Å²) in [4.78, 5) is 14.3. The van der Waals surface area contributed by atoms with Crippen LogP contribution in [0, 0.1) is 0 Å². The number of benzene rings is 1. The van der Waals surface area contributed by atoms with Crippen LogP contribution < -0.4 is 9.47 Å². The van der Waals surface area contributed by atoms with Crippen LogP contribution in [0.1, 0.15) is 44.6 Å². The Bertz CT molecular complexity index is 796. The molecule has 2 aliphatic rings. The molecule has 1 atom stereocenters. The summed E-state index contributed by atoms with van der Waals surface area (Å²) in [5, 5.41) is 0.327. The number of piperidine rings is 1. The molecule has 2 heterocycles. The van der Waals surface area contributed by atoms with E-state index in [1.165, 1.54) is 0 Å². The van der Waals surface area contributed by atoms with Gasteiger partial charge >= 0.3 is 0 Å². The number of nitrogens with zero attached hydrogens (tertiary/aromatic N) is 1. The van der Waals surface area contributed by atoms with Crippen molar-refractivity contribution in [2.45, 2.75) is 50.8 Å². The first-order valence-electron chi connectivity index (χ1n) is 9.47. The number of fused-ring (bicyclic) bond motifs is 1. The van der Waals surface area contributed by atoms with Crippen molar-refractivity contribution in [2.24, 2.45) is 0 Å². The van der Waals surface area contributed by atoms with Gasteiger partial charge in [0.25, 0.3) is 0 Å². The third-order valence-electron chi connectivity index (χ3n) is 5.01. The van der Waals surface area contributed by atoms with E-state index >= 15 is 0 Å². The van der Waals surface area contributed by atoms with Gasteiger partial charge in [0.2, 0.25) is 5.91 Å². The van der Waals surface area contributed by atoms with Crippen molar-refractivity contribution in [3.63, 3.8) is 0 Å². The van der Waals surface area contributed by atoms with Crippen molar-refractivity contribution in [1.29, 1.82) is 0 Å². The Kier molecular flexibility index (Phi) is 6.52. The molecule has 8 heteroatoms. The molecule has 1 fully saturated rings. The van der Waals surface area contributed by atoms with Gasteiger partial charge in [0.1, 0.15) is 5.75 Å². The van der Waals surface area contributed by atoms with Gasteiger partial charge in [-0.2, -0.15) is 0 Å². The van der Waals surface area contributed by atoms with Gasteiger partial charge in [-0.25, -0.2) is 8.42 Å². The molecule has 6 nitrogen and oxygen atoms in total. The van der Waals surface area contributed by atoms with Crippen LogP contribution in [0.5, 0.6) is 11.5 Å². The second kappa shape index (κ2) is 8.69. The highest BCUT2D eigenvalue weighted by atomic mass is 35.5. The minimum Gasteiger partial charge on any atom is -0.489 e. The summed E-state index contributed by atoms with van der Waals surface area (Å²) in [5.41, 5.74) is 0.503. The zero-order valence-corrected chi connectivity index (χ0v) is 17.2. The number of amides is 1. The largest absolute Gasteiger partial charge is 0.489 e. The minimum atomic E-state index is -3.61. The normalized spacial score (nSPS) is 20.2. The lowest BCUT2D eigenvalue weighted by molar-refractivity contribution is -0.132. The molecule has 0 radical (unpaired) electrons. The van der Waals surface area contributed by atoms with Crippen molar-refractivity contribution in [3.8, 4) is 11.5 Å². The molecular weight excluding hydrogens is 390 g/mol. The molecule has 150 valence electrons. The smallest absolute Gasteiger partial charge is 0.238 e. The summed E-state index contributed by atoms with van der Waals surface area (Å²) < 4.78 is 36.4. The quantitative estimate of drug-likeness (QED) is 0.738. The summed E-state index contributed by atoms with van der Waals surface area (Å²) >= 11 is 6.24. The average molecular weight is 416 g/mol. The highest BCUT2D eigenvalue weighted by Crippen LogP contribution is 2.38. The SMILES string of the molecule is CC[C@@H]1CCCCN1C(=O)CS(=O)(=O)Cc1cc(Cl)c2c(c1)OCCCO2. The van der Waals surface area contributed by atoms with Crippen molar-refractivity contribution in [2.75, 3.05) is 25.5 Å². The molecule has 0 aromatic heterocycles. The highest BCUT2D eigenvalue weighted by Gasteiger charge is 2.29. The van der Waals surface area contributed by atoms with Gasteiger partial charge in [-0.05, 0) is 43.4 Å². The van der Waals surface area contributed by atoms with Gasteiger partial charge in [-0.3, -0.25) is 4.79 Å². The first kappa shape index (κ1) is 20.3. The maximum absolute atomic E-state index is 12.6. The Morgan fingerprint density at radius 2 is 2.00 bits per heavy atom. The first-order chi connectivity index (χ1) is 12.9. The Hall–Kier alpha value is -1.47. The van der Waals surface area contributed by atoms with Crippen LogP contribution in [0.25, 0.3) is 0 Å². The van der Waals surface area contributed by atoms with Crippen LogP contribution in [0.3, 0.4) is 0 Å². The second-order valence-corrected chi connectivity index (χ2v) is 9.60. The predicted octanol–water partition coefficient (Wildman–Crippen LogP) is 3.21. The predicted molar refractivity (Wildman–Crippen MR) is 104 cm³/mol. The molecule has 1 saturated heterocycles. The highest BCUT2D eigenvalue weighted by molar-refractivity contribution is 7.91. The number of carbonyl (C=O) groups excluding carboxylic acids is 1. The van der Waals surface area contributed by atoms with Gasteiger partial charge in [0.05, 0.1) is 24.0 Å². The zero-order valence-electron chi connectivity index (χ0n) is 15.6. The summed E-state index contributed by atoms with van der Waals surface area (Å²) in [5.74, 6) is -0.124. The van der Waals surface area contributed by atoms with Gasteiger partial charge in [0, 0.05) is 19.0 Å². The van der Waals surface area contributed by atoms with Crippen molar-refractivity contribution >= 4 is 27.3 Å². The van der Waals surface area contributed by atoms with Gasteiger partial charge < -0.3 is 14.4 Å². The molecule has 2 aliphatic heterocycles. The Balaban J connectivity index is 1.72. The Labute approximate surface area is 165 Å². The van der Waals surface area contributed by atoms with Crippen LogP contribution in [-0.4, -0.2) is 50.8 Å². The van der Waals surface area contributed by atoms with Crippen molar-refractivity contribution in [1.82, 2.24) is 4.90 Å². The number of ether oxygens (including phenoxy) is 2. The third-order valence-corrected chi connectivity index (χ3v) is 6.75. The van der Waals surface area contributed by atoms with E-state index in [0.29, 0.717) is 41.8 Å². The molecule has 27 heavy (non-hydrogen) atoms. The zero-order chi connectivity index (χ0) is 19.4. The minimum absolute atomic E-state index is 0.147. The van der Waals surface area contributed by atoms with Crippen molar-refractivity contribution in [3.05, 3.63) is 22.7 Å². The summed E-state index contributed by atoms with van der Waals surface area (Å²) in [6.07, 6.45) is 4.55. The van der Waals surface area contributed by atoms with E-state index in [0.717, 1.165) is 32.1 Å². The Morgan fingerprint density at radius 3 is 2.78 bits per heavy atom. The summed E-state index contributed by atoms with van der Waals surface area (Å²) in [7, 11) is -3.61. The van der Waals surface area contributed by atoms with E-state index in [-0.39, 0.29) is 17.7 Å². The number of rotatable bonds is 5. The van der Waals surface area contributed by atoms with E-state index in [4.69, 9.17) is 21.1 Å². The topological polar surface area (TPSA) is 72.9 Å². The number of carbonyl (C=O) groups is 1. The first-order valence-corrected chi connectivity index (χ1v) is 11.7. The lowest BCUT2D eigenvalue weighted by atomic mass is 10.0. The van der Waals surface area contributed by atoms with Gasteiger partial charge in [-0.1, -0.05) is 18.5 Å². The monoisotopic (exact) mass is 415 g/mol. The second-order valence-electron chi connectivity index (χ2n) is 7.13. The number of hydrogen-bond donors (Lipinski definition) is 0. The fourth-order valence-corrected chi connectivity index (χ4v) is 5.30. The van der Waals surface area contributed by atoms with Gasteiger partial charge in [-0.15, -0.1) is 0 Å².